The van der Waals surface area contributed by atoms with Crippen molar-refractivity contribution >= 4 is 33.8 Å². The van der Waals surface area contributed by atoms with Gasteiger partial charge in [0.25, 0.3) is 5.91 Å². The molecule has 0 atom stereocenters. The zero-order chi connectivity index (χ0) is 14.1. The number of amides is 1. The highest BCUT2D eigenvalue weighted by Gasteiger charge is 2.11. The molecule has 0 fully saturated rings. The highest BCUT2D eigenvalue weighted by atomic mass is 16.4. The first-order valence-corrected chi connectivity index (χ1v) is 6.06. The Kier molecular flexibility index (Phi) is 2.87. The van der Waals surface area contributed by atoms with Crippen LogP contribution in [0.4, 0.5) is 0 Å². The zero-order valence-electron chi connectivity index (χ0n) is 10.4. The van der Waals surface area contributed by atoms with Crippen LogP contribution in [0.15, 0.2) is 46.9 Å². The van der Waals surface area contributed by atoms with Gasteiger partial charge in [-0.1, -0.05) is 18.2 Å². The lowest BCUT2D eigenvalue weighted by atomic mass is 10.1. The van der Waals surface area contributed by atoms with Gasteiger partial charge in [-0.25, -0.2) is 0 Å². The first-order valence-electron chi connectivity index (χ1n) is 6.06. The third-order valence-electron chi connectivity index (χ3n) is 3.04. The standard InChI is InChI=1S/C15H11NO4/c17-14(18)8-16-15(19)9-5-6-11-10-3-1-2-4-12(10)20-13(11)7-9/h1-7H,8H2,(H,16,19)(H,17,18). The molecule has 100 valence electrons. The number of rotatable bonds is 3. The molecule has 0 saturated heterocycles. The normalized spacial score (nSPS) is 10.8. The summed E-state index contributed by atoms with van der Waals surface area (Å²) in [6.45, 7) is -0.406. The van der Waals surface area contributed by atoms with Crippen LogP contribution in [0.3, 0.4) is 0 Å². The van der Waals surface area contributed by atoms with E-state index >= 15 is 0 Å². The molecule has 20 heavy (non-hydrogen) atoms. The second-order valence-electron chi connectivity index (χ2n) is 4.39. The number of para-hydroxylation sites is 1. The van der Waals surface area contributed by atoms with Gasteiger partial charge >= 0.3 is 5.97 Å². The Morgan fingerprint density at radius 3 is 2.60 bits per heavy atom. The molecule has 3 aromatic rings. The van der Waals surface area contributed by atoms with Gasteiger partial charge in [-0.05, 0) is 24.3 Å². The van der Waals surface area contributed by atoms with E-state index in [0.717, 1.165) is 16.4 Å². The maximum absolute atomic E-state index is 11.8. The lowest BCUT2D eigenvalue weighted by Crippen LogP contribution is -2.29. The fourth-order valence-electron chi connectivity index (χ4n) is 2.13. The quantitative estimate of drug-likeness (QED) is 0.765. The molecule has 5 nitrogen and oxygen atoms in total. The predicted octanol–water partition coefficient (Wildman–Crippen LogP) is 2.40. The van der Waals surface area contributed by atoms with Gasteiger partial charge in [0.2, 0.25) is 0 Å². The number of carbonyl (C=O) groups is 2. The van der Waals surface area contributed by atoms with Crippen LogP contribution in [-0.4, -0.2) is 23.5 Å². The molecular weight excluding hydrogens is 258 g/mol. The van der Waals surface area contributed by atoms with Crippen LogP contribution in [0.2, 0.25) is 0 Å². The zero-order valence-corrected chi connectivity index (χ0v) is 10.4. The van der Waals surface area contributed by atoms with Crippen molar-refractivity contribution in [1.29, 1.82) is 0 Å². The van der Waals surface area contributed by atoms with Crippen molar-refractivity contribution < 1.29 is 19.1 Å². The maximum Gasteiger partial charge on any atom is 0.322 e. The molecule has 0 unspecified atom stereocenters. The molecule has 1 aromatic heterocycles. The van der Waals surface area contributed by atoms with Crippen molar-refractivity contribution in [2.45, 2.75) is 0 Å². The largest absolute Gasteiger partial charge is 0.480 e. The fraction of sp³-hybridized carbons (Fsp3) is 0.0667. The van der Waals surface area contributed by atoms with Gasteiger partial charge in [-0.2, -0.15) is 0 Å². The number of carbonyl (C=O) groups excluding carboxylic acids is 1. The summed E-state index contributed by atoms with van der Waals surface area (Å²) < 4.78 is 5.67. The monoisotopic (exact) mass is 269 g/mol. The molecule has 0 bridgehead atoms. The lowest BCUT2D eigenvalue weighted by Gasteiger charge is -2.01. The van der Waals surface area contributed by atoms with Crippen LogP contribution in [-0.2, 0) is 4.79 Å². The van der Waals surface area contributed by atoms with E-state index in [2.05, 4.69) is 5.32 Å². The summed E-state index contributed by atoms with van der Waals surface area (Å²) in [7, 11) is 0. The molecule has 1 amide bonds. The Hall–Kier alpha value is -2.82. The second kappa shape index (κ2) is 4.70. The van der Waals surface area contributed by atoms with Gasteiger partial charge < -0.3 is 14.8 Å². The number of nitrogens with one attached hydrogen (secondary N) is 1. The van der Waals surface area contributed by atoms with Crippen LogP contribution in [0.5, 0.6) is 0 Å². The summed E-state index contributed by atoms with van der Waals surface area (Å²) in [6, 6.07) is 12.7. The highest BCUT2D eigenvalue weighted by molar-refractivity contribution is 6.07. The first-order chi connectivity index (χ1) is 9.65. The summed E-state index contributed by atoms with van der Waals surface area (Å²) >= 11 is 0. The number of aliphatic carboxylic acids is 1. The van der Waals surface area contributed by atoms with Gasteiger partial charge in [0.15, 0.2) is 0 Å². The van der Waals surface area contributed by atoms with Gasteiger partial charge in [-0.3, -0.25) is 9.59 Å². The predicted molar refractivity (Wildman–Crippen MR) is 73.7 cm³/mol. The Labute approximate surface area is 113 Å². The van der Waals surface area contributed by atoms with Crippen LogP contribution < -0.4 is 5.32 Å². The van der Waals surface area contributed by atoms with Crippen molar-refractivity contribution in [1.82, 2.24) is 5.32 Å². The number of hydrogen-bond acceptors (Lipinski definition) is 3. The Morgan fingerprint density at radius 2 is 1.80 bits per heavy atom. The van der Waals surface area contributed by atoms with Crippen molar-refractivity contribution in [3.05, 3.63) is 48.0 Å². The average molecular weight is 269 g/mol. The Balaban J connectivity index is 2.00. The van der Waals surface area contributed by atoms with E-state index in [-0.39, 0.29) is 0 Å². The molecule has 0 aliphatic carbocycles. The van der Waals surface area contributed by atoms with Crippen molar-refractivity contribution in [3.8, 4) is 0 Å². The van der Waals surface area contributed by atoms with Crippen LogP contribution in [0.25, 0.3) is 21.9 Å². The molecule has 0 spiro atoms. The average Bonchev–Trinajstić information content (AvgIpc) is 2.82. The van der Waals surface area contributed by atoms with E-state index in [1.54, 1.807) is 18.2 Å². The molecule has 3 rings (SSSR count). The van der Waals surface area contributed by atoms with E-state index in [0.29, 0.717) is 11.1 Å². The number of furan rings is 1. The number of carboxylic acids is 1. The van der Waals surface area contributed by atoms with Crippen LogP contribution in [0, 0.1) is 0 Å². The lowest BCUT2D eigenvalue weighted by molar-refractivity contribution is -0.135. The van der Waals surface area contributed by atoms with E-state index < -0.39 is 18.4 Å². The van der Waals surface area contributed by atoms with Gasteiger partial charge in [-0.15, -0.1) is 0 Å². The topological polar surface area (TPSA) is 79.5 Å². The number of hydrogen-bond donors (Lipinski definition) is 2. The molecule has 5 heteroatoms. The molecule has 2 aromatic carbocycles. The summed E-state index contributed by atoms with van der Waals surface area (Å²) in [5.74, 6) is -1.52. The minimum atomic E-state index is -1.08. The van der Waals surface area contributed by atoms with Crippen molar-refractivity contribution in [2.24, 2.45) is 0 Å². The number of benzene rings is 2. The molecule has 0 aliphatic heterocycles. The van der Waals surface area contributed by atoms with E-state index in [9.17, 15) is 9.59 Å². The van der Waals surface area contributed by atoms with Crippen LogP contribution >= 0.6 is 0 Å². The Bertz CT molecular complexity index is 819. The van der Waals surface area contributed by atoms with Gasteiger partial charge in [0.1, 0.15) is 17.7 Å². The third kappa shape index (κ3) is 2.09. The minimum Gasteiger partial charge on any atom is -0.480 e. The third-order valence-corrected chi connectivity index (χ3v) is 3.04. The first kappa shape index (κ1) is 12.2. The van der Waals surface area contributed by atoms with E-state index in [1.807, 2.05) is 24.3 Å². The molecule has 1 heterocycles. The maximum atomic E-state index is 11.8. The molecular formula is C15H11NO4. The highest BCUT2D eigenvalue weighted by Crippen LogP contribution is 2.28. The van der Waals surface area contributed by atoms with Gasteiger partial charge in [0.05, 0.1) is 0 Å². The number of carboxylic acid groups (broad SMARTS) is 1. The molecule has 0 radical (unpaired) electrons. The summed E-state index contributed by atoms with van der Waals surface area (Å²) in [5.41, 5.74) is 1.73. The molecule has 0 aliphatic rings. The van der Waals surface area contributed by atoms with Gasteiger partial charge in [0, 0.05) is 16.3 Å². The minimum absolute atomic E-state index is 0.373. The van der Waals surface area contributed by atoms with Crippen LogP contribution in [0.1, 0.15) is 10.4 Å². The SMILES string of the molecule is O=C(O)CNC(=O)c1ccc2c(c1)oc1ccccc12. The smallest absolute Gasteiger partial charge is 0.322 e. The fourth-order valence-corrected chi connectivity index (χ4v) is 2.13. The molecule has 2 N–H and O–H groups in total. The molecule has 0 saturated carbocycles. The number of fused-ring (bicyclic) bond motifs is 3. The van der Waals surface area contributed by atoms with Crippen molar-refractivity contribution in [2.75, 3.05) is 6.54 Å². The Morgan fingerprint density at radius 1 is 1.05 bits per heavy atom. The van der Waals surface area contributed by atoms with Crippen molar-refractivity contribution in [3.63, 3.8) is 0 Å². The summed E-state index contributed by atoms with van der Waals surface area (Å²) in [5, 5.41) is 12.8. The summed E-state index contributed by atoms with van der Waals surface area (Å²) in [6.07, 6.45) is 0. The van der Waals surface area contributed by atoms with E-state index in [4.69, 9.17) is 9.52 Å². The second-order valence-corrected chi connectivity index (χ2v) is 4.39. The summed E-state index contributed by atoms with van der Waals surface area (Å²) in [4.78, 5) is 22.2. The van der Waals surface area contributed by atoms with E-state index in [1.165, 1.54) is 0 Å².